The first-order valence-electron chi connectivity index (χ1n) is 9.05. The zero-order valence-electron chi connectivity index (χ0n) is 15.2. The minimum Gasteiger partial charge on any atom is -0.507 e. The number of phenolic OH excluding ortho intramolecular Hbond substituents is 1. The van der Waals surface area contributed by atoms with E-state index in [4.69, 9.17) is 4.74 Å². The molecule has 4 rings (SSSR count). The molecule has 0 aliphatic carbocycles. The van der Waals surface area contributed by atoms with Crippen LogP contribution < -0.4 is 15.0 Å². The van der Waals surface area contributed by atoms with E-state index in [1.807, 2.05) is 0 Å². The third-order valence-corrected chi connectivity index (χ3v) is 5.40. The standard InChI is InChI=1S/C18H20F3N5O2/c1-28-16-15(12-3-2-11(8-14(12)27)18(19,20)21)24-25-17(23-16)26-7-5-10-4-6-22-9-13(10)26/h2-3,8,10,13,22,27H,4-7,9H2,1H3. The number of methoxy groups -OCH3 is 1. The van der Waals surface area contributed by atoms with Crippen molar-refractivity contribution < 1.29 is 23.0 Å². The van der Waals surface area contributed by atoms with Crippen LogP contribution in [0.1, 0.15) is 18.4 Å². The minimum absolute atomic E-state index is 0.0787. The molecule has 2 atom stereocenters. The number of hydrogen-bond donors (Lipinski definition) is 2. The molecular weight excluding hydrogens is 375 g/mol. The van der Waals surface area contributed by atoms with E-state index >= 15 is 0 Å². The molecule has 2 aliphatic rings. The second-order valence-electron chi connectivity index (χ2n) is 7.00. The zero-order chi connectivity index (χ0) is 19.9. The molecule has 2 unspecified atom stereocenters. The second-order valence-corrected chi connectivity index (χ2v) is 7.00. The second kappa shape index (κ2) is 7.08. The van der Waals surface area contributed by atoms with Gasteiger partial charge in [0.25, 0.3) is 0 Å². The smallest absolute Gasteiger partial charge is 0.416 e. The molecule has 0 bridgehead atoms. The van der Waals surface area contributed by atoms with E-state index < -0.39 is 17.5 Å². The first kappa shape index (κ1) is 18.7. The highest BCUT2D eigenvalue weighted by Gasteiger charge is 2.37. The van der Waals surface area contributed by atoms with Crippen LogP contribution in [0.3, 0.4) is 0 Å². The summed E-state index contributed by atoms with van der Waals surface area (Å²) in [5.74, 6) is 0.541. The molecule has 150 valence electrons. The van der Waals surface area contributed by atoms with Crippen molar-refractivity contribution in [3.63, 3.8) is 0 Å². The Morgan fingerprint density at radius 2 is 2.07 bits per heavy atom. The molecule has 0 saturated carbocycles. The number of nitrogens with zero attached hydrogens (tertiary/aromatic N) is 4. The van der Waals surface area contributed by atoms with Gasteiger partial charge in [-0.1, -0.05) is 0 Å². The molecule has 1 aromatic heterocycles. The van der Waals surface area contributed by atoms with E-state index in [-0.39, 0.29) is 23.2 Å². The number of aromatic nitrogens is 3. The Morgan fingerprint density at radius 1 is 1.25 bits per heavy atom. The number of alkyl halides is 3. The number of piperidine rings is 1. The monoisotopic (exact) mass is 395 g/mol. The summed E-state index contributed by atoms with van der Waals surface area (Å²) in [6, 6.07) is 2.96. The maximum absolute atomic E-state index is 12.8. The number of rotatable bonds is 3. The van der Waals surface area contributed by atoms with Gasteiger partial charge in [-0.25, -0.2) is 0 Å². The van der Waals surface area contributed by atoms with Crippen LogP contribution in [0.15, 0.2) is 18.2 Å². The third kappa shape index (κ3) is 3.32. The summed E-state index contributed by atoms with van der Waals surface area (Å²) in [6.45, 7) is 2.66. The molecule has 10 heteroatoms. The van der Waals surface area contributed by atoms with Crippen LogP contribution in [-0.4, -0.2) is 53.1 Å². The lowest BCUT2D eigenvalue weighted by Crippen LogP contribution is -2.46. The SMILES string of the molecule is COc1nc(N2CCC3CCNCC32)nnc1-c1ccc(C(F)(F)F)cc1O. The van der Waals surface area contributed by atoms with Gasteiger partial charge in [0.2, 0.25) is 11.8 Å². The number of nitrogens with one attached hydrogen (secondary N) is 1. The van der Waals surface area contributed by atoms with Gasteiger partial charge in [-0.3, -0.25) is 0 Å². The molecule has 1 aromatic carbocycles. The van der Waals surface area contributed by atoms with Gasteiger partial charge in [0, 0.05) is 24.7 Å². The highest BCUT2D eigenvalue weighted by molar-refractivity contribution is 5.71. The number of aromatic hydroxyl groups is 1. The van der Waals surface area contributed by atoms with Gasteiger partial charge >= 0.3 is 6.18 Å². The molecule has 0 amide bonds. The summed E-state index contributed by atoms with van der Waals surface area (Å²) in [6.07, 6.45) is -2.39. The fourth-order valence-corrected chi connectivity index (χ4v) is 3.96. The molecule has 0 spiro atoms. The molecular formula is C18H20F3N5O2. The van der Waals surface area contributed by atoms with Crippen molar-refractivity contribution in [1.82, 2.24) is 20.5 Å². The molecule has 7 nitrogen and oxygen atoms in total. The summed E-state index contributed by atoms with van der Waals surface area (Å²) in [5, 5.41) is 21.8. The number of fused-ring (bicyclic) bond motifs is 1. The molecule has 3 heterocycles. The van der Waals surface area contributed by atoms with Gasteiger partial charge in [0.1, 0.15) is 5.75 Å². The number of hydrogen-bond acceptors (Lipinski definition) is 7. The Hall–Kier alpha value is -2.62. The van der Waals surface area contributed by atoms with Crippen LogP contribution in [0.4, 0.5) is 19.1 Å². The summed E-state index contributed by atoms with van der Waals surface area (Å²) < 4.78 is 43.8. The highest BCUT2D eigenvalue weighted by Crippen LogP contribution is 2.39. The van der Waals surface area contributed by atoms with Crippen molar-refractivity contribution in [2.75, 3.05) is 31.6 Å². The first-order chi connectivity index (χ1) is 13.4. The van der Waals surface area contributed by atoms with Crippen molar-refractivity contribution in [1.29, 1.82) is 0 Å². The van der Waals surface area contributed by atoms with Crippen molar-refractivity contribution in [2.45, 2.75) is 25.1 Å². The predicted molar refractivity (Wildman–Crippen MR) is 95.2 cm³/mol. The largest absolute Gasteiger partial charge is 0.507 e. The Morgan fingerprint density at radius 3 is 2.79 bits per heavy atom. The van der Waals surface area contributed by atoms with E-state index in [2.05, 4.69) is 25.4 Å². The van der Waals surface area contributed by atoms with Gasteiger partial charge in [-0.05, 0) is 43.5 Å². The normalized spacial score (nSPS) is 22.2. The average molecular weight is 395 g/mol. The molecule has 2 N–H and O–H groups in total. The van der Waals surface area contributed by atoms with Crippen LogP contribution in [0, 0.1) is 5.92 Å². The predicted octanol–water partition coefficient (Wildman–Crippen LogP) is 2.46. The van der Waals surface area contributed by atoms with E-state index in [0.717, 1.165) is 44.6 Å². The molecule has 2 aliphatic heterocycles. The number of benzene rings is 1. The Labute approximate surface area is 159 Å². The summed E-state index contributed by atoms with van der Waals surface area (Å²) in [5.41, 5.74) is -0.775. The van der Waals surface area contributed by atoms with Crippen LogP contribution in [0.2, 0.25) is 0 Å². The fourth-order valence-electron chi connectivity index (χ4n) is 3.96. The lowest BCUT2D eigenvalue weighted by molar-refractivity contribution is -0.137. The summed E-state index contributed by atoms with van der Waals surface area (Å²) in [7, 11) is 1.40. The van der Waals surface area contributed by atoms with Crippen LogP contribution in [0.5, 0.6) is 11.6 Å². The number of halogens is 3. The molecule has 2 saturated heterocycles. The van der Waals surface area contributed by atoms with Gasteiger partial charge in [-0.2, -0.15) is 18.2 Å². The number of phenols is 1. The average Bonchev–Trinajstić information content (AvgIpc) is 3.11. The summed E-state index contributed by atoms with van der Waals surface area (Å²) >= 11 is 0. The van der Waals surface area contributed by atoms with Crippen molar-refractivity contribution in [2.24, 2.45) is 5.92 Å². The molecule has 2 fully saturated rings. The van der Waals surface area contributed by atoms with E-state index in [9.17, 15) is 18.3 Å². The lowest BCUT2D eigenvalue weighted by atomic mass is 9.93. The topological polar surface area (TPSA) is 83.4 Å². The minimum atomic E-state index is -4.55. The molecule has 28 heavy (non-hydrogen) atoms. The lowest BCUT2D eigenvalue weighted by Gasteiger charge is -2.32. The number of ether oxygens (including phenoxy) is 1. The van der Waals surface area contributed by atoms with Crippen LogP contribution in [-0.2, 0) is 6.18 Å². The van der Waals surface area contributed by atoms with Crippen LogP contribution >= 0.6 is 0 Å². The van der Waals surface area contributed by atoms with Gasteiger partial charge < -0.3 is 20.1 Å². The first-order valence-corrected chi connectivity index (χ1v) is 9.05. The zero-order valence-corrected chi connectivity index (χ0v) is 15.2. The fraction of sp³-hybridized carbons (Fsp3) is 0.500. The Bertz CT molecular complexity index is 877. The van der Waals surface area contributed by atoms with E-state index in [0.29, 0.717) is 17.9 Å². The molecule has 0 radical (unpaired) electrons. The Balaban J connectivity index is 1.67. The van der Waals surface area contributed by atoms with Crippen molar-refractivity contribution in [3.05, 3.63) is 23.8 Å². The molecule has 2 aromatic rings. The highest BCUT2D eigenvalue weighted by atomic mass is 19.4. The Kier molecular flexibility index (Phi) is 4.74. The van der Waals surface area contributed by atoms with E-state index in [1.54, 1.807) is 0 Å². The maximum atomic E-state index is 12.8. The van der Waals surface area contributed by atoms with Gasteiger partial charge in [0.15, 0.2) is 5.69 Å². The van der Waals surface area contributed by atoms with Gasteiger partial charge in [-0.15, -0.1) is 10.2 Å². The van der Waals surface area contributed by atoms with Crippen molar-refractivity contribution >= 4 is 5.95 Å². The third-order valence-electron chi connectivity index (χ3n) is 5.40. The summed E-state index contributed by atoms with van der Waals surface area (Å²) in [4.78, 5) is 6.51. The van der Waals surface area contributed by atoms with Crippen molar-refractivity contribution in [3.8, 4) is 22.9 Å². The number of anilines is 1. The van der Waals surface area contributed by atoms with E-state index in [1.165, 1.54) is 7.11 Å². The quantitative estimate of drug-likeness (QED) is 0.826. The maximum Gasteiger partial charge on any atom is 0.416 e. The van der Waals surface area contributed by atoms with Crippen LogP contribution in [0.25, 0.3) is 11.3 Å². The van der Waals surface area contributed by atoms with Gasteiger partial charge in [0.05, 0.1) is 12.7 Å².